The smallest absolute Gasteiger partial charge is 0.225 e. The second kappa shape index (κ2) is 10.1. The van der Waals surface area contributed by atoms with Crippen LogP contribution in [0.3, 0.4) is 0 Å². The third-order valence-corrected chi connectivity index (χ3v) is 5.17. The summed E-state index contributed by atoms with van der Waals surface area (Å²) in [4.78, 5) is 8.68. The Labute approximate surface area is 232 Å². The van der Waals surface area contributed by atoms with Gasteiger partial charge in [0.2, 0.25) is 11.8 Å². The number of hydrogen-bond acceptors (Lipinski definition) is 10. The van der Waals surface area contributed by atoms with Crippen molar-refractivity contribution in [3.05, 3.63) is 48.9 Å². The van der Waals surface area contributed by atoms with Gasteiger partial charge >= 0.3 is 0 Å². The first kappa shape index (κ1) is 12.4. The number of nitrogen functional groups attached to an aromatic ring is 1. The summed E-state index contributed by atoms with van der Waals surface area (Å²) in [7, 11) is 0.928. The molecule has 0 aliphatic carbocycles. The summed E-state index contributed by atoms with van der Waals surface area (Å²) in [5, 5.41) is 8.64. The molecule has 1 saturated heterocycles. The van der Waals surface area contributed by atoms with Gasteiger partial charge in [0.1, 0.15) is 12.3 Å². The highest BCUT2D eigenvalue weighted by Crippen LogP contribution is 2.24. The highest BCUT2D eigenvalue weighted by Gasteiger charge is 2.20. The number of methoxy groups -OCH3 is 1. The SMILES string of the molecule is [2H]C([2H])(Cn1ncc2c1nc(N)n1nc(-c3ccco3)nc21)N1C([2H])([2H])C([2H])([2H])N(c2ccc(OC([2H])([2H])C([2H])([2H])OC)cc2)C([2H])([2H])C1([2H])[2H]. The quantitative estimate of drug-likeness (QED) is 0.311. The first-order valence-electron chi connectivity index (χ1n) is 17.8. The van der Waals surface area contributed by atoms with E-state index in [-0.39, 0.29) is 44.0 Å². The predicted octanol–water partition coefficient (Wildman–Crippen LogP) is 2.16. The molecule has 1 aliphatic heterocycles. The highest BCUT2D eigenvalue weighted by molar-refractivity contribution is 5.90. The number of hydrogen-bond donors (Lipinski definition) is 1. The average molecular weight is 518 g/mol. The Kier molecular flexibility index (Phi) is 3.37. The van der Waals surface area contributed by atoms with Crippen LogP contribution in [0.25, 0.3) is 28.3 Å². The molecule has 37 heavy (non-hydrogen) atoms. The summed E-state index contributed by atoms with van der Waals surface area (Å²) in [6.07, 6.45) is 2.68. The number of furan rings is 1. The zero-order valence-corrected chi connectivity index (χ0v) is 19.2. The number of anilines is 2. The van der Waals surface area contributed by atoms with E-state index in [9.17, 15) is 0 Å². The molecule has 12 heteroatoms. The Morgan fingerprint density at radius 2 is 1.92 bits per heavy atom. The molecule has 0 radical (unpaired) electrons. The van der Waals surface area contributed by atoms with Gasteiger partial charge < -0.3 is 24.5 Å². The Morgan fingerprint density at radius 1 is 1.08 bits per heavy atom. The van der Waals surface area contributed by atoms with Crippen molar-refractivity contribution in [3.63, 3.8) is 0 Å². The van der Waals surface area contributed by atoms with Crippen molar-refractivity contribution in [2.24, 2.45) is 0 Å². The lowest BCUT2D eigenvalue weighted by Crippen LogP contribution is -2.47. The number of fused-ring (bicyclic) bond motifs is 3. The topological polar surface area (TPSA) is 125 Å². The molecular formula is C25H29N9O3. The van der Waals surface area contributed by atoms with Crippen LogP contribution in [0.4, 0.5) is 11.6 Å². The average Bonchev–Trinajstić information content (AvgIpc) is 3.77. The number of aromatic nitrogens is 6. The van der Waals surface area contributed by atoms with Crippen LogP contribution in [-0.4, -0.2) is 87.0 Å². The van der Waals surface area contributed by atoms with Crippen molar-refractivity contribution in [1.82, 2.24) is 34.3 Å². The van der Waals surface area contributed by atoms with E-state index < -0.39 is 57.8 Å². The van der Waals surface area contributed by atoms with E-state index in [4.69, 9.17) is 34.1 Å². The van der Waals surface area contributed by atoms with Crippen LogP contribution in [0.1, 0.15) is 19.2 Å². The lowest BCUT2D eigenvalue weighted by Gasteiger charge is -2.36. The van der Waals surface area contributed by atoms with Gasteiger partial charge in [0.15, 0.2) is 17.1 Å². The van der Waals surface area contributed by atoms with Crippen LogP contribution in [0.15, 0.2) is 53.3 Å². The number of piperazine rings is 1. The van der Waals surface area contributed by atoms with Gasteiger partial charge in [0.05, 0.1) is 41.9 Å². The van der Waals surface area contributed by atoms with Gasteiger partial charge in [-0.1, -0.05) is 0 Å². The fourth-order valence-corrected chi connectivity index (χ4v) is 3.47. The van der Waals surface area contributed by atoms with Gasteiger partial charge in [-0.3, -0.25) is 4.90 Å². The molecule has 0 bridgehead atoms. The Hall–Kier alpha value is -4.16. The molecule has 192 valence electrons. The standard InChI is InChI=1S/C25H29N9O3/c1-35-15-16-36-19-6-4-18(5-7-19)32-11-8-31(9-12-32)10-13-33-23-20(17-27-33)24-28-22(21-3-2-14-37-21)30-34(24)25(26)29-23/h2-7,14,17H,8-13,15-16H2,1H3,(H2,26,29)/i8D2,9D2,10D2,11D2,12D2,15D2,16D2. The van der Waals surface area contributed by atoms with E-state index in [1.54, 1.807) is 12.1 Å². The van der Waals surface area contributed by atoms with E-state index in [2.05, 4.69) is 24.9 Å². The van der Waals surface area contributed by atoms with Gasteiger partial charge in [-0.15, -0.1) is 5.10 Å². The van der Waals surface area contributed by atoms with Gasteiger partial charge in [-0.2, -0.15) is 14.6 Å². The molecule has 1 fully saturated rings. The molecule has 0 atom stereocenters. The maximum Gasteiger partial charge on any atom is 0.225 e. The summed E-state index contributed by atoms with van der Waals surface area (Å²) in [6, 6.07) is 7.27. The molecule has 5 aromatic rings. The van der Waals surface area contributed by atoms with Gasteiger partial charge in [-0.05, 0) is 36.4 Å². The van der Waals surface area contributed by atoms with Gasteiger partial charge in [0, 0.05) is 53.5 Å². The summed E-state index contributed by atoms with van der Waals surface area (Å²) >= 11 is 0. The third kappa shape index (κ3) is 4.68. The summed E-state index contributed by atoms with van der Waals surface area (Å²) in [6.45, 7) is -24.2. The number of aryl methyl sites for hydroxylation is 1. The van der Waals surface area contributed by atoms with E-state index in [1.807, 2.05) is 0 Å². The maximum absolute atomic E-state index is 8.90. The van der Waals surface area contributed by atoms with Crippen LogP contribution < -0.4 is 15.4 Å². The van der Waals surface area contributed by atoms with Crippen molar-refractivity contribution in [1.29, 1.82) is 0 Å². The third-order valence-electron chi connectivity index (χ3n) is 5.17. The molecule has 4 aromatic heterocycles. The zero-order valence-electron chi connectivity index (χ0n) is 33.2. The minimum Gasteiger partial charge on any atom is -0.491 e. The van der Waals surface area contributed by atoms with E-state index in [1.165, 1.54) is 17.0 Å². The lowest BCUT2D eigenvalue weighted by molar-refractivity contribution is 0.146. The van der Waals surface area contributed by atoms with Crippen molar-refractivity contribution in [2.45, 2.75) is 6.54 Å². The van der Waals surface area contributed by atoms with Crippen LogP contribution >= 0.6 is 0 Å². The number of benzene rings is 1. The van der Waals surface area contributed by atoms with Crippen molar-refractivity contribution in [3.8, 4) is 17.3 Å². The number of ether oxygens (including phenoxy) is 2. The fourth-order valence-electron chi connectivity index (χ4n) is 3.47. The van der Waals surface area contributed by atoms with Crippen molar-refractivity contribution in [2.75, 3.05) is 63.3 Å². The molecule has 5 heterocycles. The monoisotopic (exact) mass is 517 g/mol. The first-order chi connectivity index (χ1) is 23.4. The number of nitrogens with zero attached hydrogens (tertiary/aromatic N) is 8. The normalized spacial score (nSPS) is 26.9. The molecule has 2 N–H and O–H groups in total. The van der Waals surface area contributed by atoms with Crippen molar-refractivity contribution >= 4 is 28.3 Å². The molecule has 0 unspecified atom stereocenters. The summed E-state index contributed by atoms with van der Waals surface area (Å²) in [5.74, 6) is -0.0135. The van der Waals surface area contributed by atoms with Crippen LogP contribution in [-0.2, 0) is 11.3 Å². The van der Waals surface area contributed by atoms with E-state index >= 15 is 0 Å². The molecule has 12 nitrogen and oxygen atoms in total. The minimum atomic E-state index is -3.60. The second-order valence-corrected chi connectivity index (χ2v) is 7.44. The maximum atomic E-state index is 8.90. The van der Waals surface area contributed by atoms with Crippen LogP contribution in [0.5, 0.6) is 5.75 Å². The zero-order chi connectivity index (χ0) is 37.7. The van der Waals surface area contributed by atoms with Crippen LogP contribution in [0, 0.1) is 0 Å². The van der Waals surface area contributed by atoms with Crippen LogP contribution in [0.2, 0.25) is 0 Å². The Bertz CT molecular complexity index is 2060. The molecule has 0 saturated carbocycles. The van der Waals surface area contributed by atoms with Crippen molar-refractivity contribution < 1.29 is 33.1 Å². The Morgan fingerprint density at radius 3 is 2.68 bits per heavy atom. The molecule has 0 amide bonds. The number of nitrogens with two attached hydrogens (primary N) is 1. The molecule has 0 spiro atoms. The summed E-state index contributed by atoms with van der Waals surface area (Å²) < 4.78 is 136. The summed E-state index contributed by atoms with van der Waals surface area (Å²) in [5.41, 5.74) is 5.79. The second-order valence-electron chi connectivity index (χ2n) is 7.44. The highest BCUT2D eigenvalue weighted by atomic mass is 16.5. The molecular weight excluding hydrogens is 474 g/mol. The number of rotatable bonds is 9. The fraction of sp³-hybridized carbons (Fsp3) is 0.360. The first-order valence-corrected chi connectivity index (χ1v) is 10.8. The Balaban J connectivity index is 1.36. The molecule has 1 aliphatic rings. The minimum absolute atomic E-state index is 0.0571. The predicted molar refractivity (Wildman–Crippen MR) is 139 cm³/mol. The largest absolute Gasteiger partial charge is 0.491 e. The van der Waals surface area contributed by atoms with E-state index in [0.717, 1.165) is 36.1 Å². The van der Waals surface area contributed by atoms with E-state index in [0.29, 0.717) is 5.76 Å². The lowest BCUT2D eigenvalue weighted by atomic mass is 10.2. The van der Waals surface area contributed by atoms with Gasteiger partial charge in [-0.25, -0.2) is 9.67 Å². The molecule has 6 rings (SSSR count). The molecule has 1 aromatic carbocycles. The van der Waals surface area contributed by atoms with Gasteiger partial charge in [0.25, 0.3) is 0 Å².